The molecule has 4 aliphatic rings. The topological polar surface area (TPSA) is 68.0 Å². The van der Waals surface area contributed by atoms with Crippen LogP contribution in [0.1, 0.15) is 85.0 Å². The summed E-state index contributed by atoms with van der Waals surface area (Å²) in [7, 11) is 0. The highest BCUT2D eigenvalue weighted by Crippen LogP contribution is 2.69. The number of carbonyl (C=O) groups is 1. The Kier molecular flexibility index (Phi) is 5.65. The van der Waals surface area contributed by atoms with Crippen LogP contribution in [0.5, 0.6) is 0 Å². The van der Waals surface area contributed by atoms with Gasteiger partial charge in [-0.05, 0) is 124 Å². The van der Waals surface area contributed by atoms with Crippen molar-refractivity contribution in [2.45, 2.75) is 97.1 Å². The van der Waals surface area contributed by atoms with Crippen LogP contribution >= 0.6 is 11.6 Å². The zero-order valence-corrected chi connectivity index (χ0v) is 22.2. The number of halogens is 1. The van der Waals surface area contributed by atoms with Crippen LogP contribution < -0.4 is 0 Å². The van der Waals surface area contributed by atoms with Gasteiger partial charge in [0, 0.05) is 10.9 Å². The van der Waals surface area contributed by atoms with Crippen LogP contribution in [0, 0.1) is 40.4 Å². The van der Waals surface area contributed by atoms with Crippen molar-refractivity contribution in [1.82, 2.24) is 15.0 Å². The van der Waals surface area contributed by atoms with Gasteiger partial charge in [0.05, 0.1) is 11.1 Å². The summed E-state index contributed by atoms with van der Waals surface area (Å²) >= 11 is 6.11. The first-order valence-electron chi connectivity index (χ1n) is 13.9. The van der Waals surface area contributed by atoms with Gasteiger partial charge in [-0.15, -0.1) is 5.10 Å². The summed E-state index contributed by atoms with van der Waals surface area (Å²) in [5.74, 6) is 3.24. The Hall–Kier alpha value is -1.46. The number of ketones is 1. The quantitative estimate of drug-likeness (QED) is 0.526. The number of Topliss-reactive ketones (excluding diaryl/α,β-unsaturated/α-hetero) is 1. The third-order valence-corrected chi connectivity index (χ3v) is 11.7. The molecule has 0 spiro atoms. The Morgan fingerprint density at radius 2 is 1.94 bits per heavy atom. The van der Waals surface area contributed by atoms with E-state index >= 15 is 0 Å². The predicted octanol–water partition coefficient (Wildman–Crippen LogP) is 6.45. The maximum atomic E-state index is 13.7. The van der Waals surface area contributed by atoms with Crippen LogP contribution in [0.15, 0.2) is 18.2 Å². The lowest BCUT2D eigenvalue weighted by atomic mass is 9.42. The molecule has 0 aliphatic heterocycles. The van der Waals surface area contributed by atoms with E-state index in [0.29, 0.717) is 34.6 Å². The molecule has 0 saturated heterocycles. The van der Waals surface area contributed by atoms with Gasteiger partial charge in [0.15, 0.2) is 5.78 Å². The minimum atomic E-state index is -0.485. The summed E-state index contributed by atoms with van der Waals surface area (Å²) in [4.78, 5) is 13.7. The highest BCUT2D eigenvalue weighted by atomic mass is 35.5. The van der Waals surface area contributed by atoms with E-state index in [1.807, 2.05) is 18.2 Å². The first-order valence-corrected chi connectivity index (χ1v) is 14.3. The zero-order valence-electron chi connectivity index (χ0n) is 21.5. The molecule has 35 heavy (non-hydrogen) atoms. The van der Waals surface area contributed by atoms with Gasteiger partial charge in [0.25, 0.3) is 0 Å². The lowest BCUT2D eigenvalue weighted by Gasteiger charge is -2.63. The van der Waals surface area contributed by atoms with E-state index in [0.717, 1.165) is 48.6 Å². The monoisotopic (exact) mass is 497 g/mol. The number of benzene rings is 1. The minimum absolute atomic E-state index is 0.0971. The van der Waals surface area contributed by atoms with Crippen molar-refractivity contribution >= 4 is 28.4 Å². The third-order valence-electron chi connectivity index (χ3n) is 11.5. The zero-order chi connectivity index (χ0) is 24.6. The van der Waals surface area contributed by atoms with E-state index < -0.39 is 5.60 Å². The van der Waals surface area contributed by atoms with E-state index in [-0.39, 0.29) is 11.3 Å². The van der Waals surface area contributed by atoms with E-state index in [9.17, 15) is 9.90 Å². The number of rotatable bonds is 4. The average Bonchev–Trinajstić information content (AvgIpc) is 3.38. The molecule has 0 bridgehead atoms. The third kappa shape index (κ3) is 3.62. The Morgan fingerprint density at radius 3 is 2.74 bits per heavy atom. The van der Waals surface area contributed by atoms with Gasteiger partial charge in [0.1, 0.15) is 12.1 Å². The van der Waals surface area contributed by atoms with E-state index in [1.165, 1.54) is 38.5 Å². The average molecular weight is 498 g/mol. The number of nitrogens with zero attached hydrogens (tertiary/aromatic N) is 3. The molecule has 190 valence electrons. The molecule has 1 aromatic carbocycles. The van der Waals surface area contributed by atoms with Crippen molar-refractivity contribution < 1.29 is 9.90 Å². The number of fused-ring (bicyclic) bond motifs is 6. The van der Waals surface area contributed by atoms with Crippen molar-refractivity contribution in [3.63, 3.8) is 0 Å². The standard InChI is InChI=1S/C29H40ClN3O2/c1-4-29-14-13-27(2,35)16-18(29)5-7-20-21-8-9-23(28(21,3)12-11-22(20)29)26(34)17-33-25-10-6-19(30)15-24(25)31-32-33/h6,10,15,18,20-23,35H,4-5,7-9,11-14,16-17H2,1-3H3/t18-,20-,21-,22-,23+,27+,28-,29-/m0/s1. The van der Waals surface area contributed by atoms with E-state index in [4.69, 9.17) is 11.6 Å². The minimum Gasteiger partial charge on any atom is -0.390 e. The molecule has 0 amide bonds. The fraction of sp³-hybridized carbons (Fsp3) is 0.759. The second-order valence-electron chi connectivity index (χ2n) is 13.0. The molecule has 2 aromatic rings. The van der Waals surface area contributed by atoms with Crippen LogP contribution in [-0.2, 0) is 11.3 Å². The summed E-state index contributed by atoms with van der Waals surface area (Å²) < 4.78 is 1.77. The molecule has 4 saturated carbocycles. The van der Waals surface area contributed by atoms with Crippen LogP contribution in [0.25, 0.3) is 11.0 Å². The molecule has 8 atom stereocenters. The molecular formula is C29H40ClN3O2. The van der Waals surface area contributed by atoms with Crippen LogP contribution in [0.3, 0.4) is 0 Å². The second kappa shape index (κ2) is 8.28. The lowest BCUT2D eigenvalue weighted by Crippen LogP contribution is -2.56. The Labute approximate surface area is 214 Å². The molecule has 1 heterocycles. The van der Waals surface area contributed by atoms with Gasteiger partial charge < -0.3 is 5.11 Å². The summed E-state index contributed by atoms with van der Waals surface area (Å²) in [6.45, 7) is 7.19. The predicted molar refractivity (Wildman–Crippen MR) is 138 cm³/mol. The van der Waals surface area contributed by atoms with Gasteiger partial charge >= 0.3 is 0 Å². The van der Waals surface area contributed by atoms with Crippen LogP contribution in [-0.4, -0.2) is 31.5 Å². The lowest BCUT2D eigenvalue weighted by molar-refractivity contribution is -0.158. The molecule has 0 unspecified atom stereocenters. The maximum absolute atomic E-state index is 13.7. The summed E-state index contributed by atoms with van der Waals surface area (Å²) in [5.41, 5.74) is 1.63. The Balaban J connectivity index is 1.23. The largest absolute Gasteiger partial charge is 0.390 e. The number of aromatic nitrogens is 3. The first-order chi connectivity index (χ1) is 16.7. The molecule has 4 aliphatic carbocycles. The second-order valence-corrected chi connectivity index (χ2v) is 13.4. The Bertz CT molecular complexity index is 1140. The van der Waals surface area contributed by atoms with E-state index in [2.05, 4.69) is 31.1 Å². The first kappa shape index (κ1) is 23.9. The SMILES string of the molecule is CC[C@]12CC[C@@](C)(O)C[C@@H]1CC[C@H]1[C@@H]3CC[C@H](C(=O)Cn4nnc5cc(Cl)ccc54)[C@@]3(C)CC[C@@H]12. The normalized spacial score (nSPS) is 42.9. The number of hydrogen-bond acceptors (Lipinski definition) is 4. The number of carbonyl (C=O) groups excluding carboxylic acids is 1. The van der Waals surface area contributed by atoms with Crippen molar-refractivity contribution in [3.05, 3.63) is 23.2 Å². The van der Waals surface area contributed by atoms with Crippen molar-refractivity contribution in [2.24, 2.45) is 40.4 Å². The van der Waals surface area contributed by atoms with Crippen molar-refractivity contribution in [1.29, 1.82) is 0 Å². The van der Waals surface area contributed by atoms with Crippen molar-refractivity contribution in [2.75, 3.05) is 0 Å². The summed E-state index contributed by atoms with van der Waals surface area (Å²) in [6.07, 6.45) is 11.5. The molecule has 6 rings (SSSR count). The molecule has 4 fully saturated rings. The molecule has 1 N–H and O–H groups in total. The summed E-state index contributed by atoms with van der Waals surface area (Å²) in [5, 5.41) is 20.0. The highest BCUT2D eigenvalue weighted by Gasteiger charge is 2.62. The smallest absolute Gasteiger partial charge is 0.157 e. The van der Waals surface area contributed by atoms with Gasteiger partial charge in [-0.2, -0.15) is 0 Å². The molecule has 1 aromatic heterocycles. The molecule has 0 radical (unpaired) electrons. The Morgan fingerprint density at radius 1 is 1.11 bits per heavy atom. The van der Waals surface area contributed by atoms with Crippen LogP contribution in [0.2, 0.25) is 5.02 Å². The number of aliphatic hydroxyl groups is 1. The molecule has 5 nitrogen and oxygen atoms in total. The van der Waals surface area contributed by atoms with E-state index in [1.54, 1.807) is 4.68 Å². The van der Waals surface area contributed by atoms with Crippen molar-refractivity contribution in [3.8, 4) is 0 Å². The fourth-order valence-electron chi connectivity index (χ4n) is 9.79. The fourth-order valence-corrected chi connectivity index (χ4v) is 9.96. The molecular weight excluding hydrogens is 458 g/mol. The van der Waals surface area contributed by atoms with Gasteiger partial charge in [-0.25, -0.2) is 4.68 Å². The highest BCUT2D eigenvalue weighted by molar-refractivity contribution is 6.31. The maximum Gasteiger partial charge on any atom is 0.157 e. The number of hydrogen-bond donors (Lipinski definition) is 1. The van der Waals surface area contributed by atoms with Gasteiger partial charge in [-0.3, -0.25) is 4.79 Å². The molecule has 6 heteroatoms. The van der Waals surface area contributed by atoms with Gasteiger partial charge in [0.2, 0.25) is 0 Å². The summed E-state index contributed by atoms with van der Waals surface area (Å²) in [6, 6.07) is 5.57. The van der Waals surface area contributed by atoms with Crippen LogP contribution in [0.4, 0.5) is 0 Å². The van der Waals surface area contributed by atoms with Gasteiger partial charge in [-0.1, -0.05) is 30.7 Å².